The summed E-state index contributed by atoms with van der Waals surface area (Å²) in [5, 5.41) is 5.40. The molecule has 6 aromatic rings. The van der Waals surface area contributed by atoms with Crippen LogP contribution < -0.4 is 20.4 Å². The summed E-state index contributed by atoms with van der Waals surface area (Å²) < 4.78 is 71.6. The fraction of sp³-hybridized carbons (Fsp3) is 0.474. The minimum absolute atomic E-state index is 0.150. The second-order valence-corrected chi connectivity index (χ2v) is 21.6. The van der Waals surface area contributed by atoms with Crippen molar-refractivity contribution in [3.8, 4) is 0 Å². The van der Waals surface area contributed by atoms with Gasteiger partial charge in [0.15, 0.2) is 11.6 Å². The lowest BCUT2D eigenvalue weighted by molar-refractivity contribution is -0.136. The molecule has 0 aliphatic carbocycles. The quantitative estimate of drug-likeness (QED) is 0.0813. The number of aromatic nitrogens is 4. The van der Waals surface area contributed by atoms with E-state index in [1.165, 1.54) is 38.5 Å². The van der Waals surface area contributed by atoms with Crippen LogP contribution >= 0.6 is 0 Å². The summed E-state index contributed by atoms with van der Waals surface area (Å²) in [5.74, 6) is -2.54. The number of nitrogens with zero attached hydrogens (tertiary/aromatic N) is 6. The van der Waals surface area contributed by atoms with Crippen LogP contribution in [0, 0.1) is 35.1 Å². The first kappa shape index (κ1) is 53.0. The molecular weight excluding hydrogens is 997 g/mol. The van der Waals surface area contributed by atoms with Crippen molar-refractivity contribution in [1.29, 1.82) is 0 Å². The van der Waals surface area contributed by atoms with Crippen LogP contribution in [0.3, 0.4) is 0 Å². The Morgan fingerprint density at radius 3 is 1.45 bits per heavy atom. The summed E-state index contributed by atoms with van der Waals surface area (Å²) in [7, 11) is 2.52. The summed E-state index contributed by atoms with van der Waals surface area (Å²) in [6.07, 6.45) is 3.62. The standard InChI is InChI=1S/C57H66F4N10O6/c1-30(2)49(66-56(74)76-5)54(72)69-19-7-9-47(69)52-62-41-13-11-33(25-43(41)64-52)45-15-16-46(71(45)38-28-39(60)51(40(61)29-38)68-21-17-32(18-22-68)35-23-36(58)27-37(59)24-35)34-12-14-42-44(26-34)65-53(63-42)48-10-8-20-70(48)55(73)50(31(3)4)67-57(75)77-6/h11-14,23-32,45-50H,7-10,15-22H2,1-6H3,(H,62,64)(H,63,65)(H,66,74)(H,67,75)/t45-,46-,47-,48+,49+,50+/m1/s1. The highest BCUT2D eigenvalue weighted by molar-refractivity contribution is 5.88. The Morgan fingerprint density at radius 1 is 0.571 bits per heavy atom. The number of imidazole rings is 2. The number of amides is 4. The lowest BCUT2D eigenvalue weighted by atomic mass is 9.89. The van der Waals surface area contributed by atoms with Gasteiger partial charge in [0.1, 0.15) is 41.1 Å². The highest BCUT2D eigenvalue weighted by Crippen LogP contribution is 2.49. The number of halogens is 4. The van der Waals surface area contributed by atoms with E-state index in [-0.39, 0.29) is 72.5 Å². The first-order chi connectivity index (χ1) is 37.0. The number of alkyl carbamates (subject to hydrolysis) is 2. The van der Waals surface area contributed by atoms with Gasteiger partial charge >= 0.3 is 12.2 Å². The Hall–Kier alpha value is -7.38. The Balaban J connectivity index is 0.965. The van der Waals surface area contributed by atoms with Gasteiger partial charge in [0.2, 0.25) is 11.8 Å². The monoisotopic (exact) mass is 1060 g/mol. The Bertz CT molecular complexity index is 3000. The molecule has 4 amide bonds. The largest absolute Gasteiger partial charge is 0.453 e. The number of methoxy groups -OCH3 is 2. The van der Waals surface area contributed by atoms with Gasteiger partial charge in [-0.15, -0.1) is 0 Å². The lowest BCUT2D eigenvalue weighted by Crippen LogP contribution is -2.51. The van der Waals surface area contributed by atoms with Gasteiger partial charge in [-0.3, -0.25) is 9.59 Å². The number of hydrogen-bond donors (Lipinski definition) is 4. The number of likely N-dealkylation sites (tertiary alicyclic amines) is 2. The number of carbonyl (C=O) groups is 4. The lowest BCUT2D eigenvalue weighted by Gasteiger charge is -2.36. The maximum Gasteiger partial charge on any atom is 0.407 e. The van der Waals surface area contributed by atoms with Gasteiger partial charge in [-0.25, -0.2) is 37.1 Å². The number of H-pyrrole nitrogens is 2. The predicted molar refractivity (Wildman–Crippen MR) is 282 cm³/mol. The molecule has 0 saturated carbocycles. The molecule has 408 valence electrons. The van der Waals surface area contributed by atoms with Crippen molar-refractivity contribution in [3.63, 3.8) is 0 Å². The van der Waals surface area contributed by atoms with Crippen LogP contribution in [0.15, 0.2) is 66.7 Å². The third-order valence-corrected chi connectivity index (χ3v) is 16.2. The molecule has 4 saturated heterocycles. The fourth-order valence-corrected chi connectivity index (χ4v) is 12.3. The minimum atomic E-state index is -0.791. The molecule has 4 aliphatic rings. The zero-order chi connectivity index (χ0) is 54.4. The SMILES string of the molecule is COC(=O)N[C@H](C(=O)N1CCC[C@@H]1c1nc2ccc([C@H]3CC[C@H](c4ccc5nc([C@@H]6CCCN6C(=O)[C@@H](NC(=O)OC)C(C)C)[nH]c5c4)N3c3cc(F)c(N4CCC(c5cc(F)cc(F)c5)CC4)c(F)c3)cc2[nH]1)C(C)C. The molecule has 10 rings (SSSR count). The van der Waals surface area contributed by atoms with E-state index in [9.17, 15) is 28.0 Å². The normalized spacial score (nSPS) is 20.9. The first-order valence-electron chi connectivity index (χ1n) is 26.8. The molecule has 4 aliphatic heterocycles. The third-order valence-electron chi connectivity index (χ3n) is 16.2. The van der Waals surface area contributed by atoms with Gasteiger partial charge in [-0.1, -0.05) is 39.8 Å². The molecule has 0 unspecified atom stereocenters. The fourth-order valence-electron chi connectivity index (χ4n) is 12.3. The molecule has 2 aromatic heterocycles. The van der Waals surface area contributed by atoms with Crippen LogP contribution in [0.25, 0.3) is 22.1 Å². The number of ether oxygens (including phenoxy) is 2. The van der Waals surface area contributed by atoms with Crippen molar-refractivity contribution in [1.82, 2.24) is 40.4 Å². The van der Waals surface area contributed by atoms with Crippen molar-refractivity contribution in [3.05, 3.63) is 118 Å². The molecule has 4 aromatic carbocycles. The summed E-state index contributed by atoms with van der Waals surface area (Å²) in [5.41, 5.74) is 5.33. The third kappa shape index (κ3) is 10.6. The van der Waals surface area contributed by atoms with Crippen LogP contribution in [-0.2, 0) is 19.1 Å². The van der Waals surface area contributed by atoms with E-state index in [1.54, 1.807) is 14.7 Å². The van der Waals surface area contributed by atoms with Crippen molar-refractivity contribution >= 4 is 57.4 Å². The molecule has 0 radical (unpaired) electrons. The number of anilines is 2. The van der Waals surface area contributed by atoms with Crippen molar-refractivity contribution in [2.45, 2.75) is 121 Å². The maximum atomic E-state index is 16.8. The van der Waals surface area contributed by atoms with Gasteiger partial charge in [0.25, 0.3) is 0 Å². The van der Waals surface area contributed by atoms with Crippen LogP contribution in [-0.4, -0.2) is 106 Å². The first-order valence-corrected chi connectivity index (χ1v) is 26.8. The molecule has 6 heterocycles. The van der Waals surface area contributed by atoms with E-state index in [4.69, 9.17) is 19.4 Å². The van der Waals surface area contributed by atoms with Crippen molar-refractivity contribution in [2.75, 3.05) is 50.2 Å². The van der Waals surface area contributed by atoms with Gasteiger partial charge in [0, 0.05) is 37.9 Å². The molecule has 20 heteroatoms. The molecule has 0 bridgehead atoms. The minimum Gasteiger partial charge on any atom is -0.453 e. The number of piperidine rings is 1. The highest BCUT2D eigenvalue weighted by atomic mass is 19.1. The van der Waals surface area contributed by atoms with Gasteiger partial charge in [-0.2, -0.15) is 0 Å². The number of nitrogens with one attached hydrogen (secondary N) is 4. The average molecular weight is 1060 g/mol. The smallest absolute Gasteiger partial charge is 0.407 e. The number of rotatable bonds is 13. The zero-order valence-corrected chi connectivity index (χ0v) is 44.2. The number of carbonyl (C=O) groups excluding carboxylic acids is 4. The maximum absolute atomic E-state index is 16.8. The number of fused-ring (bicyclic) bond motifs is 2. The Morgan fingerprint density at radius 2 is 1.03 bits per heavy atom. The number of aromatic amines is 2. The zero-order valence-electron chi connectivity index (χ0n) is 44.2. The van der Waals surface area contributed by atoms with E-state index < -0.39 is 47.5 Å². The van der Waals surface area contributed by atoms with E-state index in [0.717, 1.165) is 41.1 Å². The average Bonchev–Trinajstić information content (AvgIpc) is 4.29. The van der Waals surface area contributed by atoms with Gasteiger partial charge in [-0.05, 0) is 134 Å². The Kier molecular flexibility index (Phi) is 15.1. The van der Waals surface area contributed by atoms with Crippen LogP contribution in [0.5, 0.6) is 0 Å². The second-order valence-electron chi connectivity index (χ2n) is 21.6. The molecule has 4 fully saturated rings. The van der Waals surface area contributed by atoms with E-state index in [0.29, 0.717) is 85.5 Å². The second kappa shape index (κ2) is 21.9. The van der Waals surface area contributed by atoms with Crippen molar-refractivity contribution in [2.24, 2.45) is 11.8 Å². The number of benzene rings is 4. The van der Waals surface area contributed by atoms with Crippen LogP contribution in [0.1, 0.15) is 137 Å². The van der Waals surface area contributed by atoms with Crippen LogP contribution in [0.4, 0.5) is 38.5 Å². The summed E-state index contributed by atoms with van der Waals surface area (Å²) in [6, 6.07) is 15.1. The molecule has 6 atom stereocenters. The van der Waals surface area contributed by atoms with Gasteiger partial charge < -0.3 is 49.7 Å². The highest BCUT2D eigenvalue weighted by Gasteiger charge is 2.41. The Labute approximate surface area is 444 Å². The molecule has 0 spiro atoms. The van der Waals surface area contributed by atoms with E-state index in [1.807, 2.05) is 64.1 Å². The molecule has 4 N–H and O–H groups in total. The molecule has 77 heavy (non-hydrogen) atoms. The number of hydrogen-bond acceptors (Lipinski definition) is 10. The molecule has 16 nitrogen and oxygen atoms in total. The van der Waals surface area contributed by atoms with E-state index in [2.05, 4.69) is 25.5 Å². The van der Waals surface area contributed by atoms with Crippen LogP contribution in [0.2, 0.25) is 0 Å². The van der Waals surface area contributed by atoms with E-state index >= 15 is 8.78 Å². The molecular formula is C57H66F4N10O6. The summed E-state index contributed by atoms with van der Waals surface area (Å²) >= 11 is 0. The predicted octanol–water partition coefficient (Wildman–Crippen LogP) is 10.6. The summed E-state index contributed by atoms with van der Waals surface area (Å²) in [6.45, 7) is 9.03. The van der Waals surface area contributed by atoms with Gasteiger partial charge in [0.05, 0.1) is 60.5 Å². The topological polar surface area (TPSA) is 181 Å². The van der Waals surface area contributed by atoms with Crippen molar-refractivity contribution < 1.29 is 46.2 Å². The summed E-state index contributed by atoms with van der Waals surface area (Å²) in [4.78, 5) is 76.6.